The summed E-state index contributed by atoms with van der Waals surface area (Å²) in [6.45, 7) is 9.51. The van der Waals surface area contributed by atoms with Crippen LogP contribution < -0.4 is 26.2 Å². The molecule has 0 bridgehead atoms. The van der Waals surface area contributed by atoms with Gasteiger partial charge in [-0.15, -0.1) is 5.10 Å². The Hall–Kier alpha value is -4.77. The van der Waals surface area contributed by atoms with Crippen molar-refractivity contribution in [1.29, 1.82) is 0 Å². The van der Waals surface area contributed by atoms with Gasteiger partial charge in [-0.3, -0.25) is 19.1 Å². The number of piperidine rings is 2. The second-order valence-electron chi connectivity index (χ2n) is 17.6. The minimum atomic E-state index is -2.98. The van der Waals surface area contributed by atoms with Crippen molar-refractivity contribution >= 4 is 43.1 Å². The number of hydrogen-bond donors (Lipinski definition) is 6. The fraction of sp³-hybridized carbons (Fsp3) is 0.489. The summed E-state index contributed by atoms with van der Waals surface area (Å²) in [5, 5.41) is 31.9. The average Bonchev–Trinajstić information content (AvgIpc) is 3.92. The van der Waals surface area contributed by atoms with Gasteiger partial charge in [-0.05, 0) is 99.7 Å². The molecule has 318 valence electrons. The summed E-state index contributed by atoms with van der Waals surface area (Å²) in [6.07, 6.45) is 5.38. The Balaban J connectivity index is 1.07. The van der Waals surface area contributed by atoms with E-state index in [0.29, 0.717) is 54.4 Å². The number of fused-ring (bicyclic) bond motifs is 2. The summed E-state index contributed by atoms with van der Waals surface area (Å²) in [4.78, 5) is 55.3. The van der Waals surface area contributed by atoms with Gasteiger partial charge in [0.25, 0.3) is 5.91 Å². The molecule has 1 spiro atoms. The van der Waals surface area contributed by atoms with Crippen molar-refractivity contribution in [3.8, 4) is 0 Å². The normalized spacial score (nSPS) is 25.9. The molecule has 60 heavy (non-hydrogen) atoms. The van der Waals surface area contributed by atoms with Crippen molar-refractivity contribution in [1.82, 2.24) is 25.6 Å². The summed E-state index contributed by atoms with van der Waals surface area (Å²) >= 11 is 0. The summed E-state index contributed by atoms with van der Waals surface area (Å²) < 4.78 is 8.88. The summed E-state index contributed by atoms with van der Waals surface area (Å²) in [6, 6.07) is 23.0. The number of carbonyl (C=O) groups excluding carboxylic acids is 3. The monoisotopic (exact) mass is 834 g/mol. The average molecular weight is 835 g/mol. The van der Waals surface area contributed by atoms with Crippen molar-refractivity contribution in [2.75, 3.05) is 48.3 Å². The van der Waals surface area contributed by atoms with Crippen LogP contribution in [-0.4, -0.2) is 89.8 Å². The highest BCUT2D eigenvalue weighted by Crippen LogP contribution is 2.60. The molecule has 3 unspecified atom stereocenters. The molecule has 14 nitrogen and oxygen atoms in total. The Morgan fingerprint density at radius 1 is 0.950 bits per heavy atom. The van der Waals surface area contributed by atoms with Crippen LogP contribution in [0.5, 0.6) is 0 Å². The first-order chi connectivity index (χ1) is 29.0. The number of aryl methyl sites for hydroxylation is 1. The number of nitrogens with one attached hydrogen (secondary N) is 4. The first-order valence-corrected chi connectivity index (χ1v) is 24.5. The van der Waals surface area contributed by atoms with Crippen LogP contribution in [0.2, 0.25) is 18.6 Å². The van der Waals surface area contributed by atoms with Gasteiger partial charge in [-0.1, -0.05) is 54.6 Å². The standard InChI is InChI=1S/C45H58N8O6Si/c1-29-41(60(2,3)58)40(19-22-52-27-38(50-51-52)36(28-54)31-9-5-4-6-10-31)59-45(29)37-23-35(49-43(56)33-12-8-21-47-25-33)17-18-39(37)53(44(45)57)26-30-13-15-34(16-14-30)48-42(55)32-11-7-20-46-24-32/h4-6,9-10,13-18,23,27,29,32-33,36,40-41,46-47,54,58H,7-8,11-12,19-22,24-26,28H2,1-3H3,(H,48,55)(H,49,56)/t29-,32?,33?,36?,40+,41-,45+/m1/s1. The van der Waals surface area contributed by atoms with Crippen molar-refractivity contribution < 1.29 is 29.0 Å². The lowest BCUT2D eigenvalue weighted by atomic mass is 9.82. The Labute approximate surface area is 352 Å². The van der Waals surface area contributed by atoms with Gasteiger partial charge in [0.15, 0.2) is 13.9 Å². The molecule has 3 amide bonds. The molecule has 15 heteroatoms. The number of rotatable bonds is 13. The molecule has 3 aromatic carbocycles. The van der Waals surface area contributed by atoms with Crippen molar-refractivity contribution in [3.05, 3.63) is 101 Å². The van der Waals surface area contributed by atoms with Gasteiger partial charge in [0, 0.05) is 54.2 Å². The molecule has 1 aromatic heterocycles. The predicted molar refractivity (Wildman–Crippen MR) is 232 cm³/mol. The maximum absolute atomic E-state index is 15.2. The third-order valence-electron chi connectivity index (χ3n) is 13.1. The second kappa shape index (κ2) is 17.7. The van der Waals surface area contributed by atoms with Crippen LogP contribution in [0.25, 0.3) is 0 Å². The molecule has 8 rings (SSSR count). The van der Waals surface area contributed by atoms with E-state index in [0.717, 1.165) is 49.9 Å². The van der Waals surface area contributed by atoms with Crippen molar-refractivity contribution in [2.45, 2.75) is 88.4 Å². The maximum Gasteiger partial charge on any atom is 0.264 e. The lowest BCUT2D eigenvalue weighted by molar-refractivity contribution is -0.146. The lowest BCUT2D eigenvalue weighted by Gasteiger charge is -2.32. The van der Waals surface area contributed by atoms with Crippen LogP contribution in [0.15, 0.2) is 79.0 Å². The maximum atomic E-state index is 15.2. The number of aromatic nitrogens is 3. The molecule has 0 aliphatic carbocycles. The van der Waals surface area contributed by atoms with Crippen LogP contribution in [0.4, 0.5) is 17.1 Å². The molecule has 0 saturated carbocycles. The Bertz CT molecular complexity index is 2150. The van der Waals surface area contributed by atoms with E-state index in [2.05, 4.69) is 31.6 Å². The third-order valence-corrected chi connectivity index (χ3v) is 15.6. The smallest absolute Gasteiger partial charge is 0.264 e. The van der Waals surface area contributed by atoms with Crippen LogP contribution >= 0.6 is 0 Å². The molecule has 0 radical (unpaired) electrons. The van der Waals surface area contributed by atoms with Gasteiger partial charge >= 0.3 is 0 Å². The SMILES string of the molecule is C[C@@H]1[C@@H]([Si](C)(C)O)[C@H](CCn2cc(C(CO)c3ccccc3)nn2)O[C@@]12C(=O)N(Cc1ccc(NC(=O)C3CCCNC3)cc1)c1ccc(NC(=O)C3CCCNC3)cc12. The van der Waals surface area contributed by atoms with E-state index < -0.39 is 25.9 Å². The van der Waals surface area contributed by atoms with Gasteiger partial charge in [-0.2, -0.15) is 0 Å². The van der Waals surface area contributed by atoms with E-state index in [1.807, 2.05) is 99.0 Å². The zero-order valence-electron chi connectivity index (χ0n) is 34.8. The largest absolute Gasteiger partial charge is 0.432 e. The van der Waals surface area contributed by atoms with Gasteiger partial charge in [0.1, 0.15) is 0 Å². The van der Waals surface area contributed by atoms with Crippen molar-refractivity contribution in [2.24, 2.45) is 17.8 Å². The number of aliphatic hydroxyl groups is 1. The van der Waals surface area contributed by atoms with E-state index >= 15 is 4.79 Å². The first kappa shape index (κ1) is 41.9. The molecule has 5 heterocycles. The Morgan fingerprint density at radius 2 is 1.60 bits per heavy atom. The molecule has 7 atom stereocenters. The van der Waals surface area contributed by atoms with Gasteiger partial charge in [-0.25, -0.2) is 0 Å². The quantitative estimate of drug-likeness (QED) is 0.103. The molecular weight excluding hydrogens is 777 g/mol. The number of carbonyl (C=O) groups is 3. The molecule has 3 saturated heterocycles. The first-order valence-electron chi connectivity index (χ1n) is 21.5. The zero-order chi connectivity index (χ0) is 42.0. The molecular formula is C45H58N8O6Si. The molecule has 6 N–H and O–H groups in total. The highest BCUT2D eigenvalue weighted by molar-refractivity contribution is 6.71. The van der Waals surface area contributed by atoms with E-state index in [-0.39, 0.29) is 54.2 Å². The van der Waals surface area contributed by atoms with Crippen LogP contribution in [-0.2, 0) is 37.8 Å². The minimum absolute atomic E-state index is 0.000759. The summed E-state index contributed by atoms with van der Waals surface area (Å²) in [5.74, 6) is -1.22. The van der Waals surface area contributed by atoms with Crippen LogP contribution in [0.3, 0.4) is 0 Å². The number of anilines is 3. The number of hydrogen-bond acceptors (Lipinski definition) is 10. The fourth-order valence-corrected chi connectivity index (χ4v) is 12.6. The Kier molecular flexibility index (Phi) is 12.4. The molecule has 4 aromatic rings. The highest BCUT2D eigenvalue weighted by atomic mass is 28.4. The van der Waals surface area contributed by atoms with Crippen LogP contribution in [0, 0.1) is 17.8 Å². The van der Waals surface area contributed by atoms with Crippen LogP contribution in [0.1, 0.15) is 67.3 Å². The molecule has 3 fully saturated rings. The number of nitrogens with zero attached hydrogens (tertiary/aromatic N) is 4. The number of benzene rings is 3. The number of aliphatic hydroxyl groups excluding tert-OH is 1. The summed E-state index contributed by atoms with van der Waals surface area (Å²) in [5.41, 5.74) is 3.39. The third kappa shape index (κ3) is 8.43. The predicted octanol–water partition coefficient (Wildman–Crippen LogP) is 4.71. The minimum Gasteiger partial charge on any atom is -0.432 e. The molecule has 4 aliphatic heterocycles. The van der Waals surface area contributed by atoms with Gasteiger partial charge < -0.3 is 40.8 Å². The lowest BCUT2D eigenvalue weighted by Crippen LogP contribution is -2.46. The van der Waals surface area contributed by atoms with E-state index in [4.69, 9.17) is 4.74 Å². The van der Waals surface area contributed by atoms with E-state index in [9.17, 15) is 19.5 Å². The molecule has 4 aliphatic rings. The number of amides is 3. The highest BCUT2D eigenvalue weighted by Gasteiger charge is 2.66. The zero-order valence-corrected chi connectivity index (χ0v) is 35.8. The fourth-order valence-electron chi connectivity index (χ4n) is 9.99. The second-order valence-corrected chi connectivity index (χ2v) is 21.6. The Morgan fingerprint density at radius 3 is 2.22 bits per heavy atom. The van der Waals surface area contributed by atoms with Crippen molar-refractivity contribution in [3.63, 3.8) is 0 Å². The number of ether oxygens (including phenoxy) is 1. The van der Waals surface area contributed by atoms with Gasteiger partial charge in [0.05, 0.1) is 48.4 Å². The summed E-state index contributed by atoms with van der Waals surface area (Å²) in [7, 11) is -2.98. The van der Waals surface area contributed by atoms with Gasteiger partial charge in [0.2, 0.25) is 11.8 Å². The topological polar surface area (TPSA) is 183 Å². The van der Waals surface area contributed by atoms with E-state index in [1.165, 1.54) is 0 Å². The van der Waals surface area contributed by atoms with E-state index in [1.54, 1.807) is 9.58 Å².